The molecule has 8 heteroatoms. The van der Waals surface area contributed by atoms with E-state index >= 15 is 0 Å². The second-order valence-electron chi connectivity index (χ2n) is 6.51. The van der Waals surface area contributed by atoms with Crippen molar-refractivity contribution in [3.05, 3.63) is 71.1 Å². The molecule has 0 radical (unpaired) electrons. The van der Waals surface area contributed by atoms with Gasteiger partial charge in [0.1, 0.15) is 5.76 Å². The zero-order chi connectivity index (χ0) is 21.0. The van der Waals surface area contributed by atoms with Crippen molar-refractivity contribution in [2.75, 3.05) is 6.54 Å². The minimum Gasteiger partial charge on any atom is -0.478 e. The number of carboxylic acid groups (broad SMARTS) is 1. The summed E-state index contributed by atoms with van der Waals surface area (Å²) in [5, 5.41) is 9.30. The average molecular weight is 414 g/mol. The minimum atomic E-state index is -3.84. The third kappa shape index (κ3) is 4.72. The van der Waals surface area contributed by atoms with Gasteiger partial charge in [0.05, 0.1) is 16.2 Å². The van der Waals surface area contributed by atoms with Gasteiger partial charge in [-0.1, -0.05) is 31.2 Å². The van der Waals surface area contributed by atoms with Crippen LogP contribution in [0.4, 0.5) is 0 Å². The van der Waals surface area contributed by atoms with Gasteiger partial charge in [-0.05, 0) is 43.2 Å². The number of oxazole rings is 1. The van der Waals surface area contributed by atoms with E-state index in [1.807, 2.05) is 37.3 Å². The number of rotatable bonds is 8. The van der Waals surface area contributed by atoms with Crippen LogP contribution in [0.2, 0.25) is 0 Å². The maximum absolute atomic E-state index is 12.6. The number of carbonyl (C=O) groups is 1. The molecule has 1 aromatic heterocycles. The van der Waals surface area contributed by atoms with Crippen LogP contribution in [-0.4, -0.2) is 31.0 Å². The van der Waals surface area contributed by atoms with Gasteiger partial charge in [0.25, 0.3) is 0 Å². The number of aryl methyl sites for hydroxylation is 2. The van der Waals surface area contributed by atoms with E-state index in [0.717, 1.165) is 5.56 Å². The van der Waals surface area contributed by atoms with Gasteiger partial charge in [0, 0.05) is 18.5 Å². The van der Waals surface area contributed by atoms with Crippen molar-refractivity contribution in [3.8, 4) is 11.5 Å². The molecule has 0 saturated heterocycles. The van der Waals surface area contributed by atoms with E-state index in [1.54, 1.807) is 6.92 Å². The van der Waals surface area contributed by atoms with Crippen LogP contribution in [-0.2, 0) is 22.9 Å². The van der Waals surface area contributed by atoms with Crippen LogP contribution in [0.5, 0.6) is 0 Å². The molecular formula is C21H22N2O5S. The standard InChI is InChI=1S/C21H22N2O5S/c1-3-15-9-10-17(13-18(15)21(24)25)29(26,27)22-12-11-19-14(2)28-20(23-19)16-7-5-4-6-8-16/h4-10,13,22H,3,11-12H2,1-2H3,(H,24,25). The molecule has 7 nitrogen and oxygen atoms in total. The predicted molar refractivity (Wildman–Crippen MR) is 108 cm³/mol. The van der Waals surface area contributed by atoms with Crippen molar-refractivity contribution in [3.63, 3.8) is 0 Å². The molecule has 0 unspecified atom stereocenters. The molecule has 152 valence electrons. The van der Waals surface area contributed by atoms with E-state index in [0.29, 0.717) is 35.7 Å². The van der Waals surface area contributed by atoms with Gasteiger partial charge in [0.15, 0.2) is 0 Å². The Morgan fingerprint density at radius 3 is 2.55 bits per heavy atom. The number of benzene rings is 2. The van der Waals surface area contributed by atoms with Crippen LogP contribution < -0.4 is 4.72 Å². The number of aromatic nitrogens is 1. The minimum absolute atomic E-state index is 0.00442. The number of sulfonamides is 1. The van der Waals surface area contributed by atoms with Crippen LogP contribution in [0.1, 0.15) is 34.3 Å². The van der Waals surface area contributed by atoms with Crippen molar-refractivity contribution in [2.24, 2.45) is 0 Å². The molecule has 3 rings (SSSR count). The first-order valence-corrected chi connectivity index (χ1v) is 10.7. The lowest BCUT2D eigenvalue weighted by molar-refractivity contribution is 0.0695. The summed E-state index contributed by atoms with van der Waals surface area (Å²) in [5.74, 6) is -0.0312. The highest BCUT2D eigenvalue weighted by molar-refractivity contribution is 7.89. The molecule has 0 fully saturated rings. The molecule has 29 heavy (non-hydrogen) atoms. The second-order valence-corrected chi connectivity index (χ2v) is 8.28. The quantitative estimate of drug-likeness (QED) is 0.584. The Balaban J connectivity index is 1.71. The van der Waals surface area contributed by atoms with Crippen molar-refractivity contribution in [1.82, 2.24) is 9.71 Å². The van der Waals surface area contributed by atoms with Gasteiger partial charge in [-0.25, -0.2) is 22.9 Å². The van der Waals surface area contributed by atoms with E-state index in [1.165, 1.54) is 18.2 Å². The van der Waals surface area contributed by atoms with Crippen molar-refractivity contribution >= 4 is 16.0 Å². The summed E-state index contributed by atoms with van der Waals surface area (Å²) in [6.07, 6.45) is 0.852. The topological polar surface area (TPSA) is 110 Å². The highest BCUT2D eigenvalue weighted by Gasteiger charge is 2.19. The maximum Gasteiger partial charge on any atom is 0.336 e. The third-order valence-corrected chi connectivity index (χ3v) is 6.03. The fraction of sp³-hybridized carbons (Fsp3) is 0.238. The summed E-state index contributed by atoms with van der Waals surface area (Å²) in [5.41, 5.74) is 2.09. The van der Waals surface area contributed by atoms with Gasteiger partial charge < -0.3 is 9.52 Å². The Morgan fingerprint density at radius 1 is 1.17 bits per heavy atom. The summed E-state index contributed by atoms with van der Waals surface area (Å²) < 4.78 is 33.3. The van der Waals surface area contributed by atoms with Crippen LogP contribution in [0.25, 0.3) is 11.5 Å². The predicted octanol–water partition coefficient (Wildman–Crippen LogP) is 3.43. The first-order valence-electron chi connectivity index (χ1n) is 9.19. The van der Waals surface area contributed by atoms with Gasteiger partial charge in [0.2, 0.25) is 15.9 Å². The maximum atomic E-state index is 12.6. The molecule has 0 bridgehead atoms. The zero-order valence-electron chi connectivity index (χ0n) is 16.2. The lowest BCUT2D eigenvalue weighted by Gasteiger charge is -2.09. The summed E-state index contributed by atoms with van der Waals surface area (Å²) in [6, 6.07) is 13.6. The molecule has 0 aliphatic heterocycles. The molecule has 0 amide bonds. The highest BCUT2D eigenvalue weighted by Crippen LogP contribution is 2.22. The largest absolute Gasteiger partial charge is 0.478 e. The number of nitrogens with zero attached hydrogens (tertiary/aromatic N) is 1. The van der Waals surface area contributed by atoms with Gasteiger partial charge in [-0.15, -0.1) is 0 Å². The van der Waals surface area contributed by atoms with E-state index < -0.39 is 16.0 Å². The average Bonchev–Trinajstić information content (AvgIpc) is 3.08. The number of hydrogen-bond donors (Lipinski definition) is 2. The smallest absolute Gasteiger partial charge is 0.336 e. The fourth-order valence-electron chi connectivity index (χ4n) is 2.98. The summed E-state index contributed by atoms with van der Waals surface area (Å²) in [4.78, 5) is 15.8. The summed E-state index contributed by atoms with van der Waals surface area (Å²) in [7, 11) is -3.84. The molecule has 2 aromatic carbocycles. The number of hydrogen-bond acceptors (Lipinski definition) is 5. The van der Waals surface area contributed by atoms with Crippen LogP contribution in [0, 0.1) is 6.92 Å². The van der Waals surface area contributed by atoms with E-state index in [-0.39, 0.29) is 17.0 Å². The van der Waals surface area contributed by atoms with Crippen LogP contribution in [0.3, 0.4) is 0 Å². The molecular weight excluding hydrogens is 392 g/mol. The summed E-state index contributed by atoms with van der Waals surface area (Å²) >= 11 is 0. The SMILES string of the molecule is CCc1ccc(S(=O)(=O)NCCc2nc(-c3ccccc3)oc2C)cc1C(=O)O. The number of carboxylic acids is 1. The molecule has 0 aliphatic carbocycles. The zero-order valence-corrected chi connectivity index (χ0v) is 17.0. The Kier molecular flexibility index (Phi) is 6.14. The van der Waals surface area contributed by atoms with Crippen molar-refractivity contribution in [1.29, 1.82) is 0 Å². The third-order valence-electron chi connectivity index (χ3n) is 4.57. The summed E-state index contributed by atoms with van der Waals surface area (Å²) in [6.45, 7) is 3.71. The first kappa shape index (κ1) is 20.8. The Bertz CT molecular complexity index is 1120. The van der Waals surface area contributed by atoms with Crippen molar-refractivity contribution in [2.45, 2.75) is 31.6 Å². The normalized spacial score (nSPS) is 11.5. The fourth-order valence-corrected chi connectivity index (χ4v) is 4.04. The van der Waals surface area contributed by atoms with Crippen LogP contribution in [0.15, 0.2) is 57.8 Å². The molecule has 3 aromatic rings. The molecule has 0 saturated carbocycles. The highest BCUT2D eigenvalue weighted by atomic mass is 32.2. The Morgan fingerprint density at radius 2 is 1.90 bits per heavy atom. The molecule has 1 heterocycles. The molecule has 0 aliphatic rings. The van der Waals surface area contributed by atoms with Gasteiger partial charge >= 0.3 is 5.97 Å². The number of nitrogens with one attached hydrogen (secondary N) is 1. The van der Waals surface area contributed by atoms with E-state index in [9.17, 15) is 18.3 Å². The molecule has 0 spiro atoms. The van der Waals surface area contributed by atoms with Gasteiger partial charge in [-0.2, -0.15) is 0 Å². The Labute approximate surface area is 169 Å². The molecule has 2 N–H and O–H groups in total. The van der Waals surface area contributed by atoms with Crippen molar-refractivity contribution < 1.29 is 22.7 Å². The lowest BCUT2D eigenvalue weighted by Crippen LogP contribution is -2.26. The monoisotopic (exact) mass is 414 g/mol. The second kappa shape index (κ2) is 8.59. The van der Waals surface area contributed by atoms with Crippen LogP contribution >= 0.6 is 0 Å². The molecule has 0 atom stereocenters. The first-order chi connectivity index (χ1) is 13.8. The van der Waals surface area contributed by atoms with Gasteiger partial charge in [-0.3, -0.25) is 0 Å². The van der Waals surface area contributed by atoms with E-state index in [2.05, 4.69) is 9.71 Å². The van der Waals surface area contributed by atoms with E-state index in [4.69, 9.17) is 4.42 Å². The lowest BCUT2D eigenvalue weighted by atomic mass is 10.1. The Hall–Kier alpha value is -2.97. The number of aromatic carboxylic acids is 1.